The molecule has 4 aliphatic heterocycles. The molecule has 4 aliphatic rings. The van der Waals surface area contributed by atoms with Gasteiger partial charge in [-0.25, -0.2) is 0 Å². The van der Waals surface area contributed by atoms with Crippen LogP contribution in [0.3, 0.4) is 0 Å². The fourth-order valence-electron chi connectivity index (χ4n) is 13.4. The van der Waals surface area contributed by atoms with E-state index in [0.29, 0.717) is 107 Å². The van der Waals surface area contributed by atoms with Crippen LogP contribution in [0.4, 0.5) is 0 Å². The van der Waals surface area contributed by atoms with Crippen LogP contribution in [0.25, 0.3) is 0 Å². The molecule has 0 bridgehead atoms. The topological polar surface area (TPSA) is 406 Å². The zero-order chi connectivity index (χ0) is 93.3. The fourth-order valence-corrected chi connectivity index (χ4v) is 15.0. The molecule has 4 heterocycles. The number of amides is 10. The van der Waals surface area contributed by atoms with Gasteiger partial charge >= 0.3 is 0 Å². The summed E-state index contributed by atoms with van der Waals surface area (Å²) in [5.41, 5.74) is 0. The van der Waals surface area contributed by atoms with Crippen molar-refractivity contribution in [3.63, 3.8) is 0 Å². The third-order valence-electron chi connectivity index (χ3n) is 21.0. The molecule has 0 spiro atoms. The second-order valence-electron chi connectivity index (χ2n) is 31.4. The number of hydrogen-bond donors (Lipinski definition) is 10. The monoisotopic (exact) mass is 2100 g/mol. The number of carbonyl (C=O) groups excluding carboxylic acids is 16. The Balaban J connectivity index is 0.000000814. The molecule has 16 atom stereocenters. The minimum Gasteiger partial charge on any atom is -0.356 e. The summed E-state index contributed by atoms with van der Waals surface area (Å²) in [6.45, 7) is 25.1. The summed E-state index contributed by atoms with van der Waals surface area (Å²) in [5, 5.41) is 25.8. The van der Waals surface area contributed by atoms with Gasteiger partial charge in [-0.1, -0.05) is 130 Å². The molecule has 34 heteroatoms. The van der Waals surface area contributed by atoms with Crippen molar-refractivity contribution in [1.82, 2.24) is 72.8 Å². The number of halogens is 4. The van der Waals surface area contributed by atoms with Gasteiger partial charge in [0.15, 0.2) is 11.6 Å². The van der Waals surface area contributed by atoms with Gasteiger partial charge in [-0.15, -0.1) is 0 Å². The summed E-state index contributed by atoms with van der Waals surface area (Å²) in [4.78, 5) is 201. The largest absolute Gasteiger partial charge is 0.356 e. The molecule has 0 aromatic carbocycles. The van der Waals surface area contributed by atoms with E-state index in [4.69, 9.17) is 8.22 Å². The van der Waals surface area contributed by atoms with Gasteiger partial charge in [0.2, 0.25) is 59.1 Å². The van der Waals surface area contributed by atoms with Crippen molar-refractivity contribution in [3.8, 4) is 0 Å². The molecule has 0 aromatic heterocycles. The number of carbonyl (C=O) groups is 16. The number of nitrogens with one attached hydrogen (secondary N) is 10. The van der Waals surface area contributed by atoms with Crippen LogP contribution in [-0.4, -0.2) is 268 Å². The summed E-state index contributed by atoms with van der Waals surface area (Å²) in [6.07, 6.45) is 15.1. The lowest BCUT2D eigenvalue weighted by molar-refractivity contribution is -0.132. The smallest absolute Gasteiger partial charge is 0.242 e. The standard InChI is InChI=1S/2C21H36IN3O4.2C20H35IN4O4/c2*1-14(21(29)23-10-6-9-18(26)12-22)11-19(27)17(4)24-20(28)13-25-15(2)7-5-8-16(25)3;2*1-13-7-5-8-14(2)25(13)12-18(27)23-16(4)20(29)24-15(3)19(28)22-10-6-9-17(26)11-21/h2*14-17H,5-13H2,1-4H3,(H,23,29)(H,24,28);2*13-16H,5-12H2,1-4H3,(H,22,28)(H,23,27)(H,24,29)/i13D2,24+1;13D2,17D;23+1,24+1,25+1;16D,24+1,25+1. The highest BCUT2D eigenvalue weighted by molar-refractivity contribution is 14.1. The van der Waals surface area contributed by atoms with Crippen LogP contribution in [-0.2, 0) is 76.7 Å². The number of rotatable bonds is 46. The molecule has 0 aliphatic carbocycles. The molecule has 116 heavy (non-hydrogen) atoms. The zero-order valence-electron chi connectivity index (χ0n) is 77.5. The summed E-state index contributed by atoms with van der Waals surface area (Å²) in [5.74, 6) is -6.72. The Morgan fingerprint density at radius 2 is 0.578 bits per heavy atom. The van der Waals surface area contributed by atoms with Gasteiger partial charge in [0, 0.05) is 125 Å². The van der Waals surface area contributed by atoms with Crippen molar-refractivity contribution in [2.45, 2.75) is 337 Å². The molecule has 4 fully saturated rings. The summed E-state index contributed by atoms with van der Waals surface area (Å²) < 4.78 is 51.7. The number of hydrogen-bond acceptors (Lipinski definition) is 20. The fraction of sp³-hybridized carbons (Fsp3) is 0.805. The number of piperidine rings is 4. The molecule has 4 saturated heterocycles. The second kappa shape index (κ2) is 60.9. The van der Waals surface area contributed by atoms with Crippen LogP contribution < -0.4 is 53.2 Å². The average molecular weight is 2100 g/mol. The third-order valence-corrected chi connectivity index (χ3v) is 24.4. The minimum atomic E-state index is -2.36. The second-order valence-corrected chi connectivity index (χ2v) is 34.5. The molecule has 0 radical (unpaired) electrons. The van der Waals surface area contributed by atoms with E-state index in [1.165, 1.54) is 39.0 Å². The van der Waals surface area contributed by atoms with Gasteiger partial charge in [0.1, 0.15) is 47.3 Å². The van der Waals surface area contributed by atoms with Crippen LogP contribution in [0.15, 0.2) is 0 Å². The Labute approximate surface area is 754 Å². The normalized spacial score (nSPS) is 23.3. The first-order valence-corrected chi connectivity index (χ1v) is 47.3. The van der Waals surface area contributed by atoms with E-state index in [-0.39, 0.29) is 121 Å². The summed E-state index contributed by atoms with van der Waals surface area (Å²) in [6, 6.07) is -6.29. The van der Waals surface area contributed by atoms with Gasteiger partial charge < -0.3 is 53.2 Å². The van der Waals surface area contributed by atoms with E-state index < -0.39 is 96.4 Å². The van der Waals surface area contributed by atoms with E-state index in [9.17, 15) is 76.7 Å². The molecule has 0 saturated carbocycles. The number of Topliss-reactive ketones (excluding diaryl/α,β-unsaturated/α-hetero) is 6. The van der Waals surface area contributed by atoms with Gasteiger partial charge in [-0.2, -0.15) is 0 Å². The van der Waals surface area contributed by atoms with Crippen molar-refractivity contribution >= 4 is 184 Å². The molecule has 664 valence electrons. The first kappa shape index (κ1) is 98.6. The first-order valence-electron chi connectivity index (χ1n) is 44.2. The highest BCUT2D eigenvalue weighted by Gasteiger charge is 2.34. The van der Waals surface area contributed by atoms with E-state index in [1.807, 2.05) is 118 Å². The van der Waals surface area contributed by atoms with Gasteiger partial charge in [-0.05, 0) is 174 Å². The van der Waals surface area contributed by atoms with Crippen LogP contribution >= 0.6 is 90.4 Å². The summed E-state index contributed by atoms with van der Waals surface area (Å²) in [7, 11) is 0. The van der Waals surface area contributed by atoms with Gasteiger partial charge in [0.05, 0.1) is 64.1 Å². The van der Waals surface area contributed by atoms with Crippen molar-refractivity contribution in [3.05, 3.63) is 0 Å². The van der Waals surface area contributed by atoms with E-state index in [1.54, 1.807) is 32.6 Å². The highest BCUT2D eigenvalue weighted by Crippen LogP contribution is 2.26. The highest BCUT2D eigenvalue weighted by atomic mass is 127. The lowest BCUT2D eigenvalue weighted by Gasteiger charge is -2.38. The Morgan fingerprint density at radius 1 is 0.319 bits per heavy atom. The first-order chi connectivity index (χ1) is 56.8. The maximum Gasteiger partial charge on any atom is 0.242 e. The predicted octanol–water partition coefficient (Wildman–Crippen LogP) is 6.82. The predicted molar refractivity (Wildman–Crippen MR) is 486 cm³/mol. The Kier molecular flexibility index (Phi) is 51.7. The van der Waals surface area contributed by atoms with E-state index in [0.717, 1.165) is 70.6 Å². The Hall–Kier alpha value is -4.52. The number of ketones is 6. The van der Waals surface area contributed by atoms with Crippen molar-refractivity contribution < 1.29 is 84.9 Å². The van der Waals surface area contributed by atoms with Crippen molar-refractivity contribution in [1.29, 1.82) is 0 Å². The molecule has 0 aromatic rings. The number of nitrogens with zero attached hydrogens (tertiary/aromatic N) is 4. The summed E-state index contributed by atoms with van der Waals surface area (Å²) >= 11 is 8.01. The van der Waals surface area contributed by atoms with Crippen LogP contribution in [0.5, 0.6) is 0 Å². The van der Waals surface area contributed by atoms with Crippen LogP contribution in [0.1, 0.15) is 260 Å². The number of alkyl halides is 4. The minimum absolute atomic E-state index is 0.0561. The number of likely N-dealkylation sites (tertiary alicyclic amines) is 4. The lowest BCUT2D eigenvalue weighted by atomic mass is 9.97. The average Bonchev–Trinajstić information content (AvgIpc) is 0.779. The maximum absolute atomic E-state index is 12.7. The van der Waals surface area contributed by atoms with Gasteiger partial charge in [-0.3, -0.25) is 96.3 Å². The molecule has 4 rings (SSSR count). The molecule has 16 unspecified atom stereocenters. The molecular formula is C82H142I4N14O16. The van der Waals surface area contributed by atoms with Gasteiger partial charge in [0.25, 0.3) is 0 Å². The third kappa shape index (κ3) is 45.9. The lowest BCUT2D eigenvalue weighted by Crippen LogP contribution is -2.54. The molecule has 10 amide bonds. The maximum atomic E-state index is 12.7. The Morgan fingerprint density at radius 3 is 0.905 bits per heavy atom. The van der Waals surface area contributed by atoms with Crippen molar-refractivity contribution in [2.75, 3.05) is 70.0 Å². The van der Waals surface area contributed by atoms with E-state index in [2.05, 4.69) is 90.7 Å². The molecule has 30 nitrogen and oxygen atoms in total. The van der Waals surface area contributed by atoms with Crippen LogP contribution in [0.2, 0.25) is 0 Å². The van der Waals surface area contributed by atoms with E-state index >= 15 is 0 Å². The van der Waals surface area contributed by atoms with Crippen LogP contribution in [0, 0.1) is 11.8 Å². The zero-order valence-corrected chi connectivity index (χ0v) is 80.2. The molecule has 10 N–H and O–H groups in total. The SMILES string of the molecule is CC([15NH]C(=O)C(C)[15NH]C(=O)C[15N]1C(C)CCCC1C)C(=O)NCCCC(=O)CI.[2H]C(C)(NC(=O)C([2H])([2H])N1C(C)CCCC1C)C(=O)CC(C)C(=O)NCCCC(=O)CI.[2H]C(C)(NC(=O)C[15N]1C(C)CCCC1C)C(=O)[15NH]C(C)C(=O)NCCCC(=O)CI.[2H]C([2H])(C(=O)[15NH]C(C)C(=O)CC(C)C(=O)NCCCC(=O)CI)N1C(C)CCCC1C. The Bertz CT molecular complexity index is 3410. The quantitative estimate of drug-likeness (QED) is 0.0129. The molecular weight excluding hydrogens is 1950 g/mol. The van der Waals surface area contributed by atoms with Crippen molar-refractivity contribution in [2.24, 2.45) is 11.8 Å².